The van der Waals surface area contributed by atoms with Crippen LogP contribution in [0.5, 0.6) is 0 Å². The molecule has 0 unspecified atom stereocenters. The van der Waals surface area contributed by atoms with Crippen molar-refractivity contribution < 1.29 is 19.4 Å². The molecule has 2 fully saturated rings. The van der Waals surface area contributed by atoms with Gasteiger partial charge in [0.05, 0.1) is 12.6 Å². The molecule has 2 amide bonds. The van der Waals surface area contributed by atoms with Gasteiger partial charge < -0.3 is 20.1 Å². The number of carbonyl (C=O) groups excluding carboxylic acids is 2. The molecular weight excluding hydrogens is 284 g/mol. The standard InChI is InChI=1S/C16H28N2O4/c1-10-5-6-11(9-19)18-13(10)8-7-12(14(18)20)17-15(21)22-16(2,3)4/h10-13,19H,5-9H2,1-4H3,(H,17,21)/t10-,11-,12-,13-/m0/s1. The topological polar surface area (TPSA) is 78.9 Å². The van der Waals surface area contributed by atoms with Crippen molar-refractivity contribution in [1.29, 1.82) is 0 Å². The highest BCUT2D eigenvalue weighted by molar-refractivity contribution is 5.87. The van der Waals surface area contributed by atoms with Crippen molar-refractivity contribution in [3.8, 4) is 0 Å². The number of nitrogens with zero attached hydrogens (tertiary/aromatic N) is 1. The van der Waals surface area contributed by atoms with Crippen LogP contribution in [0.2, 0.25) is 0 Å². The summed E-state index contributed by atoms with van der Waals surface area (Å²) in [6.07, 6.45) is 2.77. The molecule has 2 saturated heterocycles. The van der Waals surface area contributed by atoms with Gasteiger partial charge in [-0.05, 0) is 52.4 Å². The number of rotatable bonds is 2. The van der Waals surface area contributed by atoms with Gasteiger partial charge in [-0.15, -0.1) is 0 Å². The van der Waals surface area contributed by atoms with Gasteiger partial charge in [-0.2, -0.15) is 0 Å². The smallest absolute Gasteiger partial charge is 0.408 e. The molecule has 0 radical (unpaired) electrons. The van der Waals surface area contributed by atoms with E-state index in [0.717, 1.165) is 19.3 Å². The summed E-state index contributed by atoms with van der Waals surface area (Å²) in [5.41, 5.74) is -0.586. The number of fused-ring (bicyclic) bond motifs is 1. The van der Waals surface area contributed by atoms with Crippen LogP contribution in [0.4, 0.5) is 4.79 Å². The Bertz CT molecular complexity index is 432. The first-order valence-electron chi connectivity index (χ1n) is 8.15. The van der Waals surface area contributed by atoms with Gasteiger partial charge in [0.1, 0.15) is 11.6 Å². The summed E-state index contributed by atoms with van der Waals surface area (Å²) in [5, 5.41) is 12.2. The molecule has 22 heavy (non-hydrogen) atoms. The van der Waals surface area contributed by atoms with Gasteiger partial charge in [0, 0.05) is 6.04 Å². The first kappa shape index (κ1) is 17.1. The molecule has 2 heterocycles. The summed E-state index contributed by atoms with van der Waals surface area (Å²) in [6, 6.07) is -0.502. The average molecular weight is 312 g/mol. The number of hydrogen-bond donors (Lipinski definition) is 2. The number of piperidine rings is 2. The largest absolute Gasteiger partial charge is 0.444 e. The van der Waals surface area contributed by atoms with E-state index in [-0.39, 0.29) is 24.6 Å². The normalized spacial score (nSPS) is 32.4. The summed E-state index contributed by atoms with van der Waals surface area (Å²) in [6.45, 7) is 7.51. The lowest BCUT2D eigenvalue weighted by molar-refractivity contribution is -0.148. The van der Waals surface area contributed by atoms with Crippen LogP contribution >= 0.6 is 0 Å². The Morgan fingerprint density at radius 3 is 2.59 bits per heavy atom. The quantitative estimate of drug-likeness (QED) is 0.813. The highest BCUT2D eigenvalue weighted by Gasteiger charge is 2.44. The van der Waals surface area contributed by atoms with Crippen LogP contribution in [-0.4, -0.2) is 52.3 Å². The molecule has 0 aliphatic carbocycles. The molecule has 0 saturated carbocycles. The Morgan fingerprint density at radius 1 is 1.32 bits per heavy atom. The average Bonchev–Trinajstić information content (AvgIpc) is 2.40. The number of aliphatic hydroxyl groups is 1. The third-order valence-electron chi connectivity index (χ3n) is 4.57. The van der Waals surface area contributed by atoms with Gasteiger partial charge in [0.2, 0.25) is 5.91 Å². The van der Waals surface area contributed by atoms with Crippen LogP contribution in [0.1, 0.15) is 53.4 Å². The van der Waals surface area contributed by atoms with Gasteiger partial charge in [0.25, 0.3) is 0 Å². The molecule has 2 aliphatic heterocycles. The minimum absolute atomic E-state index is 0.0197. The molecule has 6 nitrogen and oxygen atoms in total. The fourth-order valence-corrected chi connectivity index (χ4v) is 3.50. The number of amides is 2. The van der Waals surface area contributed by atoms with Gasteiger partial charge in [-0.25, -0.2) is 4.79 Å². The summed E-state index contributed by atoms with van der Waals surface area (Å²) < 4.78 is 5.23. The van der Waals surface area contributed by atoms with E-state index in [2.05, 4.69) is 12.2 Å². The number of hydrogen-bond acceptors (Lipinski definition) is 4. The van der Waals surface area contributed by atoms with E-state index in [4.69, 9.17) is 4.74 Å². The third-order valence-corrected chi connectivity index (χ3v) is 4.57. The zero-order valence-electron chi connectivity index (χ0n) is 14.0. The highest BCUT2D eigenvalue weighted by atomic mass is 16.6. The Kier molecular flexibility index (Phi) is 5.00. The molecule has 2 aliphatic rings. The van der Waals surface area contributed by atoms with Crippen molar-refractivity contribution in [2.75, 3.05) is 6.61 Å². The maximum absolute atomic E-state index is 12.7. The first-order valence-corrected chi connectivity index (χ1v) is 8.15. The Labute approximate surface area is 132 Å². The van der Waals surface area contributed by atoms with E-state index >= 15 is 0 Å². The lowest BCUT2D eigenvalue weighted by atomic mass is 9.80. The zero-order chi connectivity index (χ0) is 16.5. The fourth-order valence-electron chi connectivity index (χ4n) is 3.50. The number of carbonyl (C=O) groups is 2. The number of alkyl carbamates (subject to hydrolysis) is 1. The van der Waals surface area contributed by atoms with Crippen LogP contribution < -0.4 is 5.32 Å². The maximum Gasteiger partial charge on any atom is 0.408 e. The van der Waals surface area contributed by atoms with Crippen LogP contribution in [0, 0.1) is 5.92 Å². The second-order valence-electron chi connectivity index (χ2n) is 7.48. The van der Waals surface area contributed by atoms with Crippen molar-refractivity contribution in [1.82, 2.24) is 10.2 Å². The third kappa shape index (κ3) is 3.72. The fraction of sp³-hybridized carbons (Fsp3) is 0.875. The molecule has 126 valence electrons. The number of nitrogens with one attached hydrogen (secondary N) is 1. The molecule has 4 atom stereocenters. The van der Waals surface area contributed by atoms with E-state index in [1.165, 1.54) is 0 Å². The van der Waals surface area contributed by atoms with E-state index in [0.29, 0.717) is 12.3 Å². The number of ether oxygens (including phenoxy) is 1. The van der Waals surface area contributed by atoms with Crippen molar-refractivity contribution >= 4 is 12.0 Å². The van der Waals surface area contributed by atoms with Crippen LogP contribution in [0.15, 0.2) is 0 Å². The van der Waals surface area contributed by atoms with Gasteiger partial charge in [-0.1, -0.05) is 6.92 Å². The molecular formula is C16H28N2O4. The molecule has 0 bridgehead atoms. The van der Waals surface area contributed by atoms with Crippen molar-refractivity contribution in [3.05, 3.63) is 0 Å². The lowest BCUT2D eigenvalue weighted by Crippen LogP contribution is -2.63. The molecule has 2 rings (SSSR count). The zero-order valence-corrected chi connectivity index (χ0v) is 14.0. The highest BCUT2D eigenvalue weighted by Crippen LogP contribution is 2.34. The van der Waals surface area contributed by atoms with Crippen LogP contribution in [0.25, 0.3) is 0 Å². The Morgan fingerprint density at radius 2 is 2.00 bits per heavy atom. The molecule has 0 aromatic heterocycles. The van der Waals surface area contributed by atoms with Crippen LogP contribution in [-0.2, 0) is 9.53 Å². The van der Waals surface area contributed by atoms with E-state index in [1.807, 2.05) is 0 Å². The van der Waals surface area contributed by atoms with Crippen molar-refractivity contribution in [2.45, 2.75) is 77.1 Å². The summed E-state index contributed by atoms with van der Waals surface area (Å²) >= 11 is 0. The molecule has 0 aromatic carbocycles. The van der Waals surface area contributed by atoms with Crippen LogP contribution in [0.3, 0.4) is 0 Å². The first-order chi connectivity index (χ1) is 10.2. The lowest BCUT2D eigenvalue weighted by Gasteiger charge is -2.49. The van der Waals surface area contributed by atoms with Crippen molar-refractivity contribution in [2.24, 2.45) is 5.92 Å². The predicted octanol–water partition coefficient (Wildman–Crippen LogP) is 1.66. The van der Waals surface area contributed by atoms with Gasteiger partial charge in [-0.3, -0.25) is 4.79 Å². The van der Waals surface area contributed by atoms with Gasteiger partial charge in [0.15, 0.2) is 0 Å². The summed E-state index contributed by atoms with van der Waals surface area (Å²) in [4.78, 5) is 26.4. The van der Waals surface area contributed by atoms with Crippen molar-refractivity contribution in [3.63, 3.8) is 0 Å². The predicted molar refractivity (Wildman–Crippen MR) is 82.3 cm³/mol. The second kappa shape index (κ2) is 6.44. The van der Waals surface area contributed by atoms with Gasteiger partial charge >= 0.3 is 6.09 Å². The maximum atomic E-state index is 12.7. The second-order valence-corrected chi connectivity index (χ2v) is 7.48. The Balaban J connectivity index is 2.04. The molecule has 6 heteroatoms. The Hall–Kier alpha value is -1.30. The van der Waals surface area contributed by atoms with E-state index < -0.39 is 17.7 Å². The van der Waals surface area contributed by atoms with E-state index in [9.17, 15) is 14.7 Å². The molecule has 2 N–H and O–H groups in total. The minimum atomic E-state index is -0.586. The molecule has 0 spiro atoms. The molecule has 0 aromatic rings. The minimum Gasteiger partial charge on any atom is -0.444 e. The monoisotopic (exact) mass is 312 g/mol. The summed E-state index contributed by atoms with van der Waals surface area (Å²) in [7, 11) is 0. The van der Waals surface area contributed by atoms with E-state index in [1.54, 1.807) is 25.7 Å². The SMILES string of the molecule is C[C@H]1CC[C@@H](CO)N2C(=O)[C@@H](NC(=O)OC(C)(C)C)CC[C@@H]12. The summed E-state index contributed by atoms with van der Waals surface area (Å²) in [5.74, 6) is 0.349. The number of aliphatic hydroxyl groups excluding tert-OH is 1.